The minimum absolute atomic E-state index is 0.0686. The molecule has 0 aliphatic carbocycles. The Morgan fingerprint density at radius 1 is 1.30 bits per heavy atom. The highest BCUT2D eigenvalue weighted by molar-refractivity contribution is 7.19. The summed E-state index contributed by atoms with van der Waals surface area (Å²) in [6.45, 7) is 1.84. The van der Waals surface area contributed by atoms with E-state index in [4.69, 9.17) is 0 Å². The highest BCUT2D eigenvalue weighted by Gasteiger charge is 2.15. The summed E-state index contributed by atoms with van der Waals surface area (Å²) in [6.07, 6.45) is 0. The number of carbonyl (C=O) groups is 1. The molecule has 1 amide bonds. The van der Waals surface area contributed by atoms with E-state index < -0.39 is 0 Å². The molecule has 0 spiro atoms. The number of thiazole rings is 1. The molecule has 2 N–H and O–H groups in total. The van der Waals surface area contributed by atoms with E-state index >= 15 is 0 Å². The molecule has 8 heteroatoms. The van der Waals surface area contributed by atoms with Crippen LogP contribution in [0.15, 0.2) is 30.3 Å². The van der Waals surface area contributed by atoms with Crippen molar-refractivity contribution in [2.45, 2.75) is 6.92 Å². The van der Waals surface area contributed by atoms with Crippen LogP contribution in [0.1, 0.15) is 16.3 Å². The number of carbonyl (C=O) groups excluding carboxylic acids is 1. The molecular formula is C12H10N6OS. The van der Waals surface area contributed by atoms with Crippen LogP contribution in [0.2, 0.25) is 0 Å². The molecule has 1 aromatic carbocycles. The fraction of sp³-hybridized carbons (Fsp3) is 0.0833. The van der Waals surface area contributed by atoms with E-state index in [1.165, 1.54) is 11.3 Å². The van der Waals surface area contributed by atoms with Gasteiger partial charge in [-0.3, -0.25) is 4.79 Å². The molecule has 2 aromatic heterocycles. The van der Waals surface area contributed by atoms with Crippen molar-refractivity contribution < 1.29 is 4.79 Å². The Morgan fingerprint density at radius 2 is 2.10 bits per heavy atom. The average Bonchev–Trinajstić information content (AvgIpc) is 3.10. The van der Waals surface area contributed by atoms with Gasteiger partial charge in [0.2, 0.25) is 5.82 Å². The van der Waals surface area contributed by atoms with Crippen molar-refractivity contribution in [3.05, 3.63) is 41.9 Å². The lowest BCUT2D eigenvalue weighted by Gasteiger charge is -1.98. The van der Waals surface area contributed by atoms with Gasteiger partial charge in [0.1, 0.15) is 10.0 Å². The van der Waals surface area contributed by atoms with Crippen molar-refractivity contribution in [1.29, 1.82) is 0 Å². The van der Waals surface area contributed by atoms with E-state index in [1.807, 2.05) is 37.3 Å². The lowest BCUT2D eigenvalue weighted by molar-refractivity contribution is 0.101. The first kappa shape index (κ1) is 12.4. The molecule has 0 fully saturated rings. The molecule has 7 nitrogen and oxygen atoms in total. The second kappa shape index (κ2) is 5.17. The van der Waals surface area contributed by atoms with E-state index in [0.717, 1.165) is 16.3 Å². The Bertz CT molecular complexity index is 722. The summed E-state index contributed by atoms with van der Waals surface area (Å²) in [5.41, 5.74) is 1.78. The number of anilines is 1. The summed E-state index contributed by atoms with van der Waals surface area (Å²) in [5, 5.41) is 17.0. The van der Waals surface area contributed by atoms with E-state index in [9.17, 15) is 4.79 Å². The third-order valence-corrected chi connectivity index (χ3v) is 3.73. The van der Waals surface area contributed by atoms with Crippen molar-refractivity contribution in [1.82, 2.24) is 25.6 Å². The normalized spacial score (nSPS) is 10.4. The number of hydrogen-bond donors (Lipinski definition) is 2. The van der Waals surface area contributed by atoms with Crippen molar-refractivity contribution >= 4 is 22.2 Å². The summed E-state index contributed by atoms with van der Waals surface area (Å²) < 4.78 is 0. The number of aryl methyl sites for hydroxylation is 1. The van der Waals surface area contributed by atoms with Crippen LogP contribution in [0.4, 0.5) is 5.00 Å². The van der Waals surface area contributed by atoms with Crippen LogP contribution in [0.25, 0.3) is 10.6 Å². The molecule has 0 saturated carbocycles. The number of rotatable bonds is 3. The van der Waals surface area contributed by atoms with Gasteiger partial charge in [-0.05, 0) is 17.4 Å². The first-order valence-corrected chi connectivity index (χ1v) is 6.63. The van der Waals surface area contributed by atoms with Gasteiger partial charge in [0.05, 0.1) is 5.69 Å². The van der Waals surface area contributed by atoms with E-state index in [-0.39, 0.29) is 11.7 Å². The van der Waals surface area contributed by atoms with Gasteiger partial charge in [0.15, 0.2) is 0 Å². The number of nitrogens with one attached hydrogen (secondary N) is 2. The SMILES string of the molecule is Cc1nc(-c2ccccc2)sc1NC(=O)c1nnn[nH]1. The lowest BCUT2D eigenvalue weighted by atomic mass is 10.2. The Balaban J connectivity index is 1.85. The predicted octanol–water partition coefficient (Wildman–Crippen LogP) is 1.88. The standard InChI is InChI=1S/C12H10N6OS/c1-7-11(14-10(19)9-15-17-18-16-9)20-12(13-7)8-5-3-2-4-6-8/h2-6H,1H3,(H,14,19)(H,15,16,17,18). The van der Waals surface area contributed by atoms with Crippen molar-refractivity contribution in [3.8, 4) is 10.6 Å². The topological polar surface area (TPSA) is 96.5 Å². The van der Waals surface area contributed by atoms with Gasteiger partial charge >= 0.3 is 0 Å². The number of benzene rings is 1. The van der Waals surface area contributed by atoms with Gasteiger partial charge in [-0.2, -0.15) is 0 Å². The molecule has 0 saturated heterocycles. The first-order valence-electron chi connectivity index (χ1n) is 5.82. The molecule has 3 aromatic rings. The maximum atomic E-state index is 11.9. The van der Waals surface area contributed by atoms with Gasteiger partial charge in [-0.15, -0.1) is 5.10 Å². The minimum Gasteiger partial charge on any atom is -0.309 e. The fourth-order valence-electron chi connectivity index (χ4n) is 1.63. The average molecular weight is 286 g/mol. The van der Waals surface area contributed by atoms with Gasteiger partial charge in [-0.25, -0.2) is 10.1 Å². The molecule has 2 heterocycles. The minimum atomic E-state index is -0.388. The van der Waals surface area contributed by atoms with E-state index in [0.29, 0.717) is 5.00 Å². The molecule has 0 atom stereocenters. The molecule has 0 radical (unpaired) electrons. The molecule has 0 aliphatic heterocycles. The van der Waals surface area contributed by atoms with Crippen LogP contribution in [0.3, 0.4) is 0 Å². The molecule has 0 unspecified atom stereocenters. The Kier molecular flexibility index (Phi) is 3.21. The molecular weight excluding hydrogens is 276 g/mol. The summed E-state index contributed by atoms with van der Waals surface area (Å²) in [7, 11) is 0. The number of nitrogens with zero attached hydrogens (tertiary/aromatic N) is 4. The Labute approximate surface area is 118 Å². The molecule has 100 valence electrons. The lowest BCUT2D eigenvalue weighted by Crippen LogP contribution is -2.13. The van der Waals surface area contributed by atoms with E-state index in [1.54, 1.807) is 0 Å². The maximum absolute atomic E-state index is 11.9. The predicted molar refractivity (Wildman–Crippen MR) is 74.4 cm³/mol. The van der Waals surface area contributed by atoms with Crippen LogP contribution >= 0.6 is 11.3 Å². The summed E-state index contributed by atoms with van der Waals surface area (Å²) in [5.74, 6) is -0.319. The van der Waals surface area contributed by atoms with Crippen molar-refractivity contribution in [2.75, 3.05) is 5.32 Å². The number of aromatic nitrogens is 5. The van der Waals surface area contributed by atoms with Crippen LogP contribution < -0.4 is 5.32 Å². The molecule has 0 bridgehead atoms. The second-order valence-electron chi connectivity index (χ2n) is 4.00. The summed E-state index contributed by atoms with van der Waals surface area (Å²) in [6, 6.07) is 9.80. The fourth-order valence-corrected chi connectivity index (χ4v) is 2.60. The van der Waals surface area contributed by atoms with Gasteiger partial charge in [-0.1, -0.05) is 41.7 Å². The summed E-state index contributed by atoms with van der Waals surface area (Å²) >= 11 is 1.41. The van der Waals surface area contributed by atoms with Gasteiger partial charge in [0, 0.05) is 5.56 Å². The highest BCUT2D eigenvalue weighted by Crippen LogP contribution is 2.31. The first-order chi connectivity index (χ1) is 9.74. The van der Waals surface area contributed by atoms with Crippen molar-refractivity contribution in [3.63, 3.8) is 0 Å². The quantitative estimate of drug-likeness (QED) is 0.766. The monoisotopic (exact) mass is 286 g/mol. The van der Waals surface area contributed by atoms with E-state index in [2.05, 4.69) is 30.9 Å². The molecule has 3 rings (SSSR count). The number of hydrogen-bond acceptors (Lipinski definition) is 6. The Hall–Kier alpha value is -2.61. The Morgan fingerprint density at radius 3 is 2.80 bits per heavy atom. The zero-order valence-electron chi connectivity index (χ0n) is 10.5. The van der Waals surface area contributed by atoms with Gasteiger partial charge < -0.3 is 5.32 Å². The summed E-state index contributed by atoms with van der Waals surface area (Å²) in [4.78, 5) is 16.3. The van der Waals surface area contributed by atoms with Crippen LogP contribution in [0, 0.1) is 6.92 Å². The molecule has 20 heavy (non-hydrogen) atoms. The van der Waals surface area contributed by atoms with Crippen LogP contribution in [0.5, 0.6) is 0 Å². The number of aromatic amines is 1. The van der Waals surface area contributed by atoms with Crippen molar-refractivity contribution in [2.24, 2.45) is 0 Å². The third-order valence-electron chi connectivity index (χ3n) is 2.60. The zero-order chi connectivity index (χ0) is 13.9. The number of tetrazole rings is 1. The van der Waals surface area contributed by atoms with Crippen LogP contribution in [-0.4, -0.2) is 31.5 Å². The highest BCUT2D eigenvalue weighted by atomic mass is 32.1. The molecule has 0 aliphatic rings. The largest absolute Gasteiger partial charge is 0.309 e. The van der Waals surface area contributed by atoms with Crippen LogP contribution in [-0.2, 0) is 0 Å². The maximum Gasteiger partial charge on any atom is 0.295 e. The zero-order valence-corrected chi connectivity index (χ0v) is 11.3. The number of H-pyrrole nitrogens is 1. The second-order valence-corrected chi connectivity index (χ2v) is 5.00. The number of amides is 1. The smallest absolute Gasteiger partial charge is 0.295 e. The van der Waals surface area contributed by atoms with Gasteiger partial charge in [0.25, 0.3) is 5.91 Å². The third kappa shape index (κ3) is 2.41.